The summed E-state index contributed by atoms with van der Waals surface area (Å²) in [4.78, 5) is 10.8. The van der Waals surface area contributed by atoms with Gasteiger partial charge in [0, 0.05) is 10.2 Å². The van der Waals surface area contributed by atoms with Crippen molar-refractivity contribution in [1.82, 2.24) is 0 Å². The van der Waals surface area contributed by atoms with Gasteiger partial charge in [-0.05, 0) is 11.6 Å². The first-order valence-corrected chi connectivity index (χ1v) is 6.06. The van der Waals surface area contributed by atoms with Crippen molar-refractivity contribution in [2.45, 2.75) is 5.75 Å². The van der Waals surface area contributed by atoms with Crippen LogP contribution in [0.5, 0.6) is 0 Å². The third-order valence-corrected chi connectivity index (χ3v) is 3.39. The Labute approximate surface area is 96.2 Å². The molecule has 0 bridgehead atoms. The molecule has 0 saturated heterocycles. The van der Waals surface area contributed by atoms with Gasteiger partial charge in [0.15, 0.2) is 0 Å². The number of carbonyl (C=O) groups excluding carboxylic acids is 1. The zero-order valence-corrected chi connectivity index (χ0v) is 10.2. The molecule has 4 heteroatoms. The smallest absolute Gasteiger partial charge is 0.315 e. The van der Waals surface area contributed by atoms with E-state index in [9.17, 15) is 4.79 Å². The Morgan fingerprint density at radius 1 is 1.50 bits per heavy atom. The van der Waals surface area contributed by atoms with Crippen LogP contribution in [0.3, 0.4) is 0 Å². The number of benzene rings is 1. The zero-order chi connectivity index (χ0) is 10.4. The van der Waals surface area contributed by atoms with Gasteiger partial charge in [-0.25, -0.2) is 0 Å². The lowest BCUT2D eigenvalue weighted by Gasteiger charge is -2.02. The molecule has 0 aliphatic heterocycles. The highest BCUT2D eigenvalue weighted by Crippen LogP contribution is 2.21. The minimum Gasteiger partial charge on any atom is -0.468 e. The molecule has 0 aliphatic rings. The average molecular weight is 275 g/mol. The van der Waals surface area contributed by atoms with E-state index in [2.05, 4.69) is 20.7 Å². The van der Waals surface area contributed by atoms with Gasteiger partial charge in [-0.2, -0.15) is 0 Å². The molecule has 0 amide bonds. The molecule has 0 spiro atoms. The van der Waals surface area contributed by atoms with E-state index >= 15 is 0 Å². The molecule has 0 heterocycles. The molecule has 0 fully saturated rings. The Hall–Kier alpha value is -0.480. The van der Waals surface area contributed by atoms with Crippen LogP contribution in [0.4, 0.5) is 0 Å². The SMILES string of the molecule is COC(=O)CSCc1ccccc1Br. The molecule has 2 nitrogen and oxygen atoms in total. The van der Waals surface area contributed by atoms with Crippen LogP contribution < -0.4 is 0 Å². The molecule has 1 aromatic carbocycles. The fourth-order valence-corrected chi connectivity index (χ4v) is 2.39. The first kappa shape index (κ1) is 11.6. The second-order valence-electron chi connectivity index (χ2n) is 2.66. The number of rotatable bonds is 4. The van der Waals surface area contributed by atoms with Crippen molar-refractivity contribution in [3.05, 3.63) is 34.3 Å². The van der Waals surface area contributed by atoms with Crippen molar-refractivity contribution in [3.63, 3.8) is 0 Å². The third kappa shape index (κ3) is 3.72. The quantitative estimate of drug-likeness (QED) is 0.790. The largest absolute Gasteiger partial charge is 0.468 e. The molecule has 1 aromatic rings. The van der Waals surface area contributed by atoms with Gasteiger partial charge < -0.3 is 4.74 Å². The normalized spacial score (nSPS) is 9.86. The molecule has 14 heavy (non-hydrogen) atoms. The monoisotopic (exact) mass is 274 g/mol. The number of carbonyl (C=O) groups is 1. The molecule has 0 unspecified atom stereocenters. The lowest BCUT2D eigenvalue weighted by molar-refractivity contribution is -0.137. The van der Waals surface area contributed by atoms with E-state index in [1.807, 2.05) is 24.3 Å². The standard InChI is InChI=1S/C10H11BrO2S/c1-13-10(12)7-14-6-8-4-2-3-5-9(8)11/h2-5H,6-7H2,1H3. The number of ether oxygens (including phenoxy) is 1. The maximum atomic E-state index is 10.8. The number of hydrogen-bond donors (Lipinski definition) is 0. The highest BCUT2D eigenvalue weighted by atomic mass is 79.9. The summed E-state index contributed by atoms with van der Waals surface area (Å²) in [6, 6.07) is 7.99. The molecule has 0 atom stereocenters. The van der Waals surface area contributed by atoms with E-state index in [1.165, 1.54) is 12.7 Å². The zero-order valence-electron chi connectivity index (χ0n) is 7.83. The van der Waals surface area contributed by atoms with Crippen molar-refractivity contribution in [2.75, 3.05) is 12.9 Å². The van der Waals surface area contributed by atoms with Crippen LogP contribution in [-0.4, -0.2) is 18.8 Å². The fraction of sp³-hybridized carbons (Fsp3) is 0.300. The second kappa shape index (κ2) is 6.09. The number of esters is 1. The number of methoxy groups -OCH3 is 1. The van der Waals surface area contributed by atoms with Crippen LogP contribution in [-0.2, 0) is 15.3 Å². The number of hydrogen-bond acceptors (Lipinski definition) is 3. The van der Waals surface area contributed by atoms with E-state index in [1.54, 1.807) is 11.8 Å². The van der Waals surface area contributed by atoms with Crippen LogP contribution >= 0.6 is 27.7 Å². The summed E-state index contributed by atoms with van der Waals surface area (Å²) < 4.78 is 5.63. The van der Waals surface area contributed by atoms with Gasteiger partial charge in [-0.15, -0.1) is 11.8 Å². The van der Waals surface area contributed by atoms with Gasteiger partial charge in [0.1, 0.15) is 0 Å². The van der Waals surface area contributed by atoms with E-state index in [4.69, 9.17) is 0 Å². The Kier molecular flexibility index (Phi) is 5.04. The minimum atomic E-state index is -0.179. The van der Waals surface area contributed by atoms with Gasteiger partial charge in [0.05, 0.1) is 12.9 Å². The number of halogens is 1. The Balaban J connectivity index is 2.39. The van der Waals surface area contributed by atoms with Crippen molar-refractivity contribution < 1.29 is 9.53 Å². The summed E-state index contributed by atoms with van der Waals surface area (Å²) in [6.45, 7) is 0. The Morgan fingerprint density at radius 2 is 2.21 bits per heavy atom. The molecule has 1 rings (SSSR count). The minimum absolute atomic E-state index is 0.179. The summed E-state index contributed by atoms with van der Waals surface area (Å²) in [7, 11) is 1.40. The lowest BCUT2D eigenvalue weighted by Crippen LogP contribution is -2.03. The van der Waals surface area contributed by atoms with E-state index in [0.717, 1.165) is 10.2 Å². The van der Waals surface area contributed by atoms with Crippen LogP contribution in [0.2, 0.25) is 0 Å². The first-order chi connectivity index (χ1) is 6.74. The summed E-state index contributed by atoms with van der Waals surface area (Å²) in [5.74, 6) is 1.04. The summed E-state index contributed by atoms with van der Waals surface area (Å²) >= 11 is 5.00. The summed E-state index contributed by atoms with van der Waals surface area (Å²) in [6.07, 6.45) is 0. The predicted octanol–water partition coefficient (Wildman–Crippen LogP) is 2.86. The number of thioether (sulfide) groups is 1. The second-order valence-corrected chi connectivity index (χ2v) is 4.50. The highest BCUT2D eigenvalue weighted by Gasteiger charge is 2.02. The Bertz CT molecular complexity index is 315. The average Bonchev–Trinajstić information content (AvgIpc) is 2.20. The van der Waals surface area contributed by atoms with Gasteiger partial charge in [-0.1, -0.05) is 34.1 Å². The highest BCUT2D eigenvalue weighted by molar-refractivity contribution is 9.10. The molecule has 0 radical (unpaired) electrons. The van der Waals surface area contributed by atoms with Crippen molar-refractivity contribution in [2.24, 2.45) is 0 Å². The van der Waals surface area contributed by atoms with Crippen LogP contribution in [0.25, 0.3) is 0 Å². The van der Waals surface area contributed by atoms with Crippen molar-refractivity contribution in [1.29, 1.82) is 0 Å². The van der Waals surface area contributed by atoms with Crippen molar-refractivity contribution in [3.8, 4) is 0 Å². The Morgan fingerprint density at radius 3 is 2.86 bits per heavy atom. The third-order valence-electron chi connectivity index (χ3n) is 1.66. The van der Waals surface area contributed by atoms with Crippen molar-refractivity contribution >= 4 is 33.7 Å². The summed E-state index contributed by atoms with van der Waals surface area (Å²) in [5.41, 5.74) is 1.20. The van der Waals surface area contributed by atoms with E-state index in [0.29, 0.717) is 5.75 Å². The maximum Gasteiger partial charge on any atom is 0.315 e. The molecule has 0 aliphatic carbocycles. The molecule has 0 N–H and O–H groups in total. The van der Waals surface area contributed by atoms with Crippen LogP contribution in [0.1, 0.15) is 5.56 Å². The predicted molar refractivity (Wildman–Crippen MR) is 62.3 cm³/mol. The van der Waals surface area contributed by atoms with Crippen LogP contribution in [0.15, 0.2) is 28.7 Å². The van der Waals surface area contributed by atoms with Gasteiger partial charge in [-0.3, -0.25) is 4.79 Å². The van der Waals surface area contributed by atoms with Gasteiger partial charge >= 0.3 is 5.97 Å². The molecule has 0 saturated carbocycles. The molecular formula is C10H11BrO2S. The summed E-state index contributed by atoms with van der Waals surface area (Å²) in [5, 5.41) is 0. The first-order valence-electron chi connectivity index (χ1n) is 4.12. The van der Waals surface area contributed by atoms with Gasteiger partial charge in [0.25, 0.3) is 0 Å². The maximum absolute atomic E-state index is 10.8. The fourth-order valence-electron chi connectivity index (χ4n) is 0.919. The van der Waals surface area contributed by atoms with E-state index in [-0.39, 0.29) is 5.97 Å². The molecule has 0 aromatic heterocycles. The molecule has 76 valence electrons. The van der Waals surface area contributed by atoms with Gasteiger partial charge in [0.2, 0.25) is 0 Å². The van der Waals surface area contributed by atoms with Crippen LogP contribution in [0, 0.1) is 0 Å². The lowest BCUT2D eigenvalue weighted by atomic mass is 10.2. The van der Waals surface area contributed by atoms with E-state index < -0.39 is 0 Å². The molecular weight excluding hydrogens is 264 g/mol. The topological polar surface area (TPSA) is 26.3 Å².